The van der Waals surface area contributed by atoms with Crippen molar-refractivity contribution in [3.8, 4) is 0 Å². The molecule has 0 fully saturated rings. The Labute approximate surface area is 96.7 Å². The topological polar surface area (TPSA) is 55.8 Å². The van der Waals surface area contributed by atoms with Crippen LogP contribution in [0.1, 0.15) is 40.0 Å². The highest BCUT2D eigenvalue weighted by Gasteiger charge is 2.14. The van der Waals surface area contributed by atoms with Gasteiger partial charge in [0.2, 0.25) is 0 Å². The van der Waals surface area contributed by atoms with Crippen LogP contribution in [-0.4, -0.2) is 36.7 Å². The summed E-state index contributed by atoms with van der Waals surface area (Å²) in [4.78, 5) is 27.3. The molecule has 0 aromatic heterocycles. The van der Waals surface area contributed by atoms with E-state index in [2.05, 4.69) is 0 Å². The largest absolute Gasteiger partial charge is 0.465 e. The van der Waals surface area contributed by atoms with Gasteiger partial charge in [-0.15, -0.1) is 5.06 Å². The van der Waals surface area contributed by atoms with E-state index >= 15 is 0 Å². The molecule has 0 heterocycles. The molecular weight excluding hydrogens is 210 g/mol. The number of hydroxylamine groups is 2. The molecule has 0 aliphatic carbocycles. The Morgan fingerprint density at radius 2 is 1.69 bits per heavy atom. The molecule has 0 rings (SSSR count). The second-order valence-corrected chi connectivity index (χ2v) is 3.33. The van der Waals surface area contributed by atoms with Gasteiger partial charge >= 0.3 is 11.9 Å². The van der Waals surface area contributed by atoms with Crippen molar-refractivity contribution in [3.63, 3.8) is 0 Å². The van der Waals surface area contributed by atoms with Crippen LogP contribution in [0, 0.1) is 0 Å². The summed E-state index contributed by atoms with van der Waals surface area (Å²) in [6.07, 6.45) is 1.45. The fourth-order valence-corrected chi connectivity index (χ4v) is 1.03. The van der Waals surface area contributed by atoms with Crippen LogP contribution in [0.5, 0.6) is 0 Å². The highest BCUT2D eigenvalue weighted by atomic mass is 16.7. The van der Waals surface area contributed by atoms with Gasteiger partial charge in [-0.25, -0.2) is 4.79 Å². The first-order chi connectivity index (χ1) is 7.63. The van der Waals surface area contributed by atoms with E-state index < -0.39 is 11.9 Å². The Kier molecular flexibility index (Phi) is 8.52. The van der Waals surface area contributed by atoms with Gasteiger partial charge in [0, 0.05) is 13.1 Å². The Morgan fingerprint density at radius 1 is 1.06 bits per heavy atom. The van der Waals surface area contributed by atoms with Crippen molar-refractivity contribution in [1.82, 2.24) is 5.06 Å². The van der Waals surface area contributed by atoms with Gasteiger partial charge in [-0.2, -0.15) is 0 Å². The molecule has 0 unspecified atom stereocenters. The summed E-state index contributed by atoms with van der Waals surface area (Å²) >= 11 is 0. The van der Waals surface area contributed by atoms with Crippen LogP contribution in [-0.2, 0) is 19.2 Å². The molecule has 0 aromatic rings. The molecule has 0 atom stereocenters. The van der Waals surface area contributed by atoms with E-state index in [-0.39, 0.29) is 6.42 Å². The highest BCUT2D eigenvalue weighted by molar-refractivity contribution is 5.91. The Bertz CT molecular complexity index is 214. The van der Waals surface area contributed by atoms with E-state index in [0.717, 1.165) is 12.8 Å². The zero-order valence-corrected chi connectivity index (χ0v) is 10.3. The van der Waals surface area contributed by atoms with Crippen LogP contribution in [0.4, 0.5) is 0 Å². The lowest BCUT2D eigenvalue weighted by Crippen LogP contribution is -2.28. The number of hydrogen-bond donors (Lipinski definition) is 0. The summed E-state index contributed by atoms with van der Waals surface area (Å²) in [5.41, 5.74) is 0. The van der Waals surface area contributed by atoms with Crippen LogP contribution in [0.15, 0.2) is 0 Å². The number of ether oxygens (including phenoxy) is 1. The van der Waals surface area contributed by atoms with Gasteiger partial charge in [0.05, 0.1) is 6.61 Å². The number of carbonyl (C=O) groups is 2. The number of nitrogens with zero attached hydrogens (tertiary/aromatic N) is 1. The number of esters is 1. The number of rotatable bonds is 8. The summed E-state index contributed by atoms with van der Waals surface area (Å²) in [6, 6.07) is 0. The molecule has 5 heteroatoms. The predicted molar refractivity (Wildman–Crippen MR) is 59.5 cm³/mol. The Hall–Kier alpha value is -1.10. The zero-order valence-electron chi connectivity index (χ0n) is 10.3. The Balaban J connectivity index is 3.73. The average Bonchev–Trinajstić information content (AvgIpc) is 2.26. The molecular formula is C11H21NO4. The van der Waals surface area contributed by atoms with Gasteiger partial charge in [-0.05, 0) is 20.3 Å². The smallest absolute Gasteiger partial charge is 0.336 e. The number of hydrogen-bond acceptors (Lipinski definition) is 5. The first-order valence-corrected chi connectivity index (χ1v) is 5.75. The van der Waals surface area contributed by atoms with E-state index in [0.29, 0.717) is 19.7 Å². The van der Waals surface area contributed by atoms with Crippen molar-refractivity contribution in [1.29, 1.82) is 0 Å². The van der Waals surface area contributed by atoms with Crippen molar-refractivity contribution in [3.05, 3.63) is 0 Å². The van der Waals surface area contributed by atoms with Gasteiger partial charge in [0.25, 0.3) is 0 Å². The summed E-state index contributed by atoms with van der Waals surface area (Å²) in [7, 11) is 0. The van der Waals surface area contributed by atoms with Crippen molar-refractivity contribution < 1.29 is 19.2 Å². The first kappa shape index (κ1) is 14.9. The normalized spacial score (nSPS) is 10.2. The van der Waals surface area contributed by atoms with Gasteiger partial charge < -0.3 is 9.57 Å². The molecule has 0 amide bonds. The third-order valence-corrected chi connectivity index (χ3v) is 1.99. The van der Waals surface area contributed by atoms with Crippen molar-refractivity contribution in [2.45, 2.75) is 40.0 Å². The van der Waals surface area contributed by atoms with Crippen LogP contribution in [0.2, 0.25) is 0 Å². The van der Waals surface area contributed by atoms with E-state index in [1.807, 2.05) is 20.8 Å². The molecule has 0 aliphatic rings. The third kappa shape index (κ3) is 7.23. The van der Waals surface area contributed by atoms with Crippen LogP contribution in [0.3, 0.4) is 0 Å². The zero-order chi connectivity index (χ0) is 12.4. The summed E-state index contributed by atoms with van der Waals surface area (Å²) in [5.74, 6) is -1.09. The standard InChI is InChI=1S/C11H21NO4/c1-4-7-8-15-10(13)9-11(14)16-12(5-2)6-3/h4-9H2,1-3H3. The second kappa shape index (κ2) is 9.15. The molecule has 0 saturated carbocycles. The quantitative estimate of drug-likeness (QED) is 0.274. The maximum absolute atomic E-state index is 11.2. The van der Waals surface area contributed by atoms with Gasteiger partial charge in [0.15, 0.2) is 0 Å². The van der Waals surface area contributed by atoms with Gasteiger partial charge in [-0.1, -0.05) is 13.3 Å². The first-order valence-electron chi connectivity index (χ1n) is 5.75. The SMILES string of the molecule is CCCCOC(=O)CC(=O)ON(CC)CC. The maximum atomic E-state index is 11.2. The van der Waals surface area contributed by atoms with Crippen molar-refractivity contribution >= 4 is 11.9 Å². The summed E-state index contributed by atoms with van der Waals surface area (Å²) in [5, 5.41) is 1.49. The van der Waals surface area contributed by atoms with Gasteiger partial charge in [-0.3, -0.25) is 4.79 Å². The molecule has 94 valence electrons. The number of carbonyl (C=O) groups excluding carboxylic acids is 2. The lowest BCUT2D eigenvalue weighted by Gasteiger charge is -2.16. The fourth-order valence-electron chi connectivity index (χ4n) is 1.03. The lowest BCUT2D eigenvalue weighted by atomic mass is 10.3. The minimum Gasteiger partial charge on any atom is -0.465 e. The average molecular weight is 231 g/mol. The minimum absolute atomic E-state index is 0.319. The molecule has 0 N–H and O–H groups in total. The van der Waals surface area contributed by atoms with Crippen LogP contribution < -0.4 is 0 Å². The Morgan fingerprint density at radius 3 is 2.19 bits per heavy atom. The molecule has 0 radical (unpaired) electrons. The second-order valence-electron chi connectivity index (χ2n) is 3.33. The molecule has 0 aliphatic heterocycles. The highest BCUT2D eigenvalue weighted by Crippen LogP contribution is 1.97. The van der Waals surface area contributed by atoms with Crippen molar-refractivity contribution in [2.75, 3.05) is 19.7 Å². The monoisotopic (exact) mass is 231 g/mol. The summed E-state index contributed by atoms with van der Waals surface area (Å²) in [6.45, 7) is 7.32. The maximum Gasteiger partial charge on any atom is 0.336 e. The van der Waals surface area contributed by atoms with Gasteiger partial charge in [0.1, 0.15) is 6.42 Å². The lowest BCUT2D eigenvalue weighted by molar-refractivity contribution is -0.190. The predicted octanol–water partition coefficient (Wildman–Crippen LogP) is 1.52. The van der Waals surface area contributed by atoms with E-state index in [4.69, 9.17) is 9.57 Å². The van der Waals surface area contributed by atoms with Crippen molar-refractivity contribution in [2.24, 2.45) is 0 Å². The molecule has 0 aromatic carbocycles. The van der Waals surface area contributed by atoms with Crippen LogP contribution >= 0.6 is 0 Å². The summed E-state index contributed by atoms with van der Waals surface area (Å²) < 4.78 is 4.84. The fraction of sp³-hybridized carbons (Fsp3) is 0.818. The molecule has 16 heavy (non-hydrogen) atoms. The number of unbranched alkanes of at least 4 members (excludes halogenated alkanes) is 1. The van der Waals surface area contributed by atoms with Crippen LogP contribution in [0.25, 0.3) is 0 Å². The van der Waals surface area contributed by atoms with E-state index in [1.165, 1.54) is 5.06 Å². The molecule has 0 saturated heterocycles. The van der Waals surface area contributed by atoms with E-state index in [1.54, 1.807) is 0 Å². The third-order valence-electron chi connectivity index (χ3n) is 1.99. The van der Waals surface area contributed by atoms with E-state index in [9.17, 15) is 9.59 Å². The molecule has 5 nitrogen and oxygen atoms in total. The molecule has 0 spiro atoms. The minimum atomic E-state index is -0.565. The molecule has 0 bridgehead atoms.